The van der Waals surface area contributed by atoms with Crippen LogP contribution in [0, 0.1) is 0 Å². The molecule has 1 heterocycles. The van der Waals surface area contributed by atoms with E-state index in [1.54, 1.807) is 30.8 Å². The molecule has 1 aromatic heterocycles. The van der Waals surface area contributed by atoms with E-state index in [0.717, 1.165) is 16.1 Å². The Morgan fingerprint density at radius 1 is 1.32 bits per heavy atom. The van der Waals surface area contributed by atoms with Gasteiger partial charge >= 0.3 is 5.97 Å². The van der Waals surface area contributed by atoms with Gasteiger partial charge < -0.3 is 20.1 Å². The molecule has 2 aromatic carbocycles. The molecule has 3 aromatic rings. The summed E-state index contributed by atoms with van der Waals surface area (Å²) in [6, 6.07) is 13.4. The van der Waals surface area contributed by atoms with E-state index in [9.17, 15) is 9.90 Å². The number of aromatic nitrogens is 1. The van der Waals surface area contributed by atoms with Crippen LogP contribution < -0.4 is 5.73 Å². The lowest BCUT2D eigenvalue weighted by atomic mass is 10.0. The van der Waals surface area contributed by atoms with Gasteiger partial charge in [0.15, 0.2) is 0 Å². The molecular weight excluding hydrogens is 410 g/mol. The lowest BCUT2D eigenvalue weighted by Gasteiger charge is -2.08. The van der Waals surface area contributed by atoms with E-state index >= 15 is 0 Å². The van der Waals surface area contributed by atoms with Crippen molar-refractivity contribution in [1.29, 1.82) is 0 Å². The average Bonchev–Trinajstić information content (AvgIpc) is 3.04. The highest BCUT2D eigenvalue weighted by Crippen LogP contribution is 2.36. The van der Waals surface area contributed by atoms with E-state index in [2.05, 4.69) is 11.6 Å². The van der Waals surface area contributed by atoms with Crippen LogP contribution in [0.1, 0.15) is 28.5 Å². The number of fused-ring (bicyclic) bond motifs is 1. The van der Waals surface area contributed by atoms with E-state index in [4.69, 9.17) is 10.5 Å². The summed E-state index contributed by atoms with van der Waals surface area (Å²) in [4.78, 5) is 17.9. The standard InChI is InChI=1S/C24H25N3O3S/c1-4-26-14-16(13-25)18-11-20-19(12-22(18)28)23(24(29)30-5-2)21(27(20)3)15-31-17-9-7-6-8-10-17/h4,6-14,28H,1,5,15,25H2,2-3H3/b16-13+,26-14-. The van der Waals surface area contributed by atoms with Gasteiger partial charge in [0, 0.05) is 64.0 Å². The van der Waals surface area contributed by atoms with Gasteiger partial charge in [0.2, 0.25) is 0 Å². The quantitative estimate of drug-likeness (QED) is 0.299. The Bertz CT molecular complexity index is 1160. The van der Waals surface area contributed by atoms with Crippen LogP contribution in [0.4, 0.5) is 0 Å². The Morgan fingerprint density at radius 2 is 2.06 bits per heavy atom. The van der Waals surface area contributed by atoms with Crippen LogP contribution in [0.3, 0.4) is 0 Å². The summed E-state index contributed by atoms with van der Waals surface area (Å²) in [7, 11) is 1.90. The third kappa shape index (κ3) is 4.67. The van der Waals surface area contributed by atoms with Gasteiger partial charge in [-0.25, -0.2) is 4.79 Å². The van der Waals surface area contributed by atoms with E-state index in [1.165, 1.54) is 18.6 Å². The first kappa shape index (κ1) is 22.2. The fraction of sp³-hybridized carbons (Fsp3) is 0.167. The summed E-state index contributed by atoms with van der Waals surface area (Å²) >= 11 is 1.63. The number of esters is 1. The van der Waals surface area contributed by atoms with Gasteiger partial charge in [-0.3, -0.25) is 4.99 Å². The number of aromatic hydroxyl groups is 1. The molecule has 0 aliphatic carbocycles. The Kier molecular flexibility index (Phi) is 7.20. The van der Waals surface area contributed by atoms with Crippen molar-refractivity contribution in [3.05, 3.63) is 78.3 Å². The van der Waals surface area contributed by atoms with Gasteiger partial charge in [0.1, 0.15) is 5.75 Å². The van der Waals surface area contributed by atoms with Crippen LogP contribution in [-0.4, -0.2) is 28.5 Å². The maximum Gasteiger partial charge on any atom is 0.340 e. The predicted molar refractivity (Wildman–Crippen MR) is 127 cm³/mol. The number of allylic oxidation sites excluding steroid dienone is 1. The average molecular weight is 436 g/mol. The van der Waals surface area contributed by atoms with Crippen LogP contribution >= 0.6 is 11.8 Å². The Morgan fingerprint density at radius 3 is 2.71 bits per heavy atom. The molecule has 0 saturated heterocycles. The van der Waals surface area contributed by atoms with Crippen molar-refractivity contribution in [3.63, 3.8) is 0 Å². The molecule has 160 valence electrons. The first-order valence-electron chi connectivity index (χ1n) is 9.77. The third-order valence-electron chi connectivity index (χ3n) is 4.85. The topological polar surface area (TPSA) is 89.8 Å². The minimum atomic E-state index is -0.410. The second-order valence-electron chi connectivity index (χ2n) is 6.67. The second-order valence-corrected chi connectivity index (χ2v) is 7.72. The van der Waals surface area contributed by atoms with Gasteiger partial charge in [-0.2, -0.15) is 0 Å². The largest absolute Gasteiger partial charge is 0.507 e. The van der Waals surface area contributed by atoms with Gasteiger partial charge in [0.05, 0.1) is 12.2 Å². The number of aliphatic imine (C=N–C) groups is 1. The fourth-order valence-corrected chi connectivity index (χ4v) is 4.35. The number of nitrogens with two attached hydrogens (primary N) is 1. The van der Waals surface area contributed by atoms with Gasteiger partial charge in [-0.05, 0) is 31.2 Å². The number of aryl methyl sites for hydroxylation is 1. The highest BCUT2D eigenvalue weighted by Gasteiger charge is 2.24. The third-order valence-corrected chi connectivity index (χ3v) is 5.87. The van der Waals surface area contributed by atoms with Crippen molar-refractivity contribution in [2.24, 2.45) is 17.8 Å². The molecule has 0 saturated carbocycles. The SMILES string of the molecule is C=C/N=C\C(=C/N)c1cc2c(cc1O)c(C(=O)OCC)c(CSc1ccccc1)n2C. The van der Waals surface area contributed by atoms with Crippen LogP contribution in [0.15, 0.2) is 71.3 Å². The van der Waals surface area contributed by atoms with Crippen molar-refractivity contribution < 1.29 is 14.6 Å². The predicted octanol–water partition coefficient (Wildman–Crippen LogP) is 4.87. The van der Waals surface area contributed by atoms with Crippen molar-refractivity contribution in [2.45, 2.75) is 17.6 Å². The molecule has 0 unspecified atom stereocenters. The first-order valence-corrected chi connectivity index (χ1v) is 10.8. The van der Waals surface area contributed by atoms with Crippen LogP contribution in [0.2, 0.25) is 0 Å². The van der Waals surface area contributed by atoms with Crippen LogP contribution in [0.25, 0.3) is 16.5 Å². The van der Waals surface area contributed by atoms with Gasteiger partial charge in [-0.15, -0.1) is 11.8 Å². The molecule has 3 rings (SSSR count). The summed E-state index contributed by atoms with van der Waals surface area (Å²) in [6.07, 6.45) is 4.28. The maximum absolute atomic E-state index is 12.8. The van der Waals surface area contributed by atoms with E-state index < -0.39 is 5.97 Å². The van der Waals surface area contributed by atoms with Crippen molar-refractivity contribution >= 4 is 40.4 Å². The molecule has 0 aliphatic rings. The highest BCUT2D eigenvalue weighted by molar-refractivity contribution is 7.98. The Hall–Kier alpha value is -3.45. The highest BCUT2D eigenvalue weighted by atomic mass is 32.2. The van der Waals surface area contributed by atoms with Crippen molar-refractivity contribution in [2.75, 3.05) is 6.61 Å². The van der Waals surface area contributed by atoms with Crippen molar-refractivity contribution in [3.8, 4) is 5.75 Å². The number of benzene rings is 2. The number of rotatable bonds is 8. The molecule has 31 heavy (non-hydrogen) atoms. The molecule has 0 fully saturated rings. The smallest absolute Gasteiger partial charge is 0.340 e. The monoisotopic (exact) mass is 435 g/mol. The zero-order valence-electron chi connectivity index (χ0n) is 17.5. The first-order chi connectivity index (χ1) is 15.0. The second kappa shape index (κ2) is 10.0. The number of carbonyl (C=O) groups excluding carboxylic acids is 1. The minimum Gasteiger partial charge on any atom is -0.507 e. The lowest BCUT2D eigenvalue weighted by Crippen LogP contribution is -2.08. The normalized spacial score (nSPS) is 11.9. The molecule has 7 heteroatoms. The lowest BCUT2D eigenvalue weighted by molar-refractivity contribution is 0.0527. The van der Waals surface area contributed by atoms with E-state index in [1.807, 2.05) is 41.9 Å². The molecule has 0 amide bonds. The minimum absolute atomic E-state index is 0.00174. The molecule has 3 N–H and O–H groups in total. The number of hydrogen-bond donors (Lipinski definition) is 2. The zero-order valence-corrected chi connectivity index (χ0v) is 18.4. The zero-order chi connectivity index (χ0) is 22.4. The van der Waals surface area contributed by atoms with Gasteiger partial charge in [-0.1, -0.05) is 24.8 Å². The number of phenolic OH excluding ortho intramolecular Hbond substituents is 1. The van der Waals surface area contributed by atoms with Crippen molar-refractivity contribution in [1.82, 2.24) is 4.57 Å². The van der Waals surface area contributed by atoms with Crippen LogP contribution in [0.5, 0.6) is 5.75 Å². The molecule has 0 aliphatic heterocycles. The molecule has 0 spiro atoms. The van der Waals surface area contributed by atoms with E-state index in [-0.39, 0.29) is 12.4 Å². The molecule has 6 nitrogen and oxygen atoms in total. The number of carbonyl (C=O) groups is 1. The molecule has 0 atom stereocenters. The number of hydrogen-bond acceptors (Lipinski definition) is 6. The number of nitrogens with zero attached hydrogens (tertiary/aromatic N) is 2. The maximum atomic E-state index is 12.8. The molecule has 0 bridgehead atoms. The van der Waals surface area contributed by atoms with E-state index in [0.29, 0.717) is 27.8 Å². The number of thioether (sulfide) groups is 1. The molecule has 0 radical (unpaired) electrons. The summed E-state index contributed by atoms with van der Waals surface area (Å²) < 4.78 is 7.28. The summed E-state index contributed by atoms with van der Waals surface area (Å²) in [5, 5.41) is 11.3. The van der Waals surface area contributed by atoms with Gasteiger partial charge in [0.25, 0.3) is 0 Å². The Labute approximate surface area is 185 Å². The summed E-state index contributed by atoms with van der Waals surface area (Å²) in [6.45, 7) is 5.60. The molecular formula is C24H25N3O3S. The fourth-order valence-electron chi connectivity index (χ4n) is 3.36. The van der Waals surface area contributed by atoms with Crippen LogP contribution in [-0.2, 0) is 17.5 Å². The number of phenols is 1. The summed E-state index contributed by atoms with van der Waals surface area (Å²) in [5.41, 5.74) is 8.86. The summed E-state index contributed by atoms with van der Waals surface area (Å²) in [5.74, 6) is 0.154. The Balaban J connectivity index is 2.16. The number of ether oxygens (including phenoxy) is 1.